The van der Waals surface area contributed by atoms with Crippen LogP contribution in [0.2, 0.25) is 0 Å². The van der Waals surface area contributed by atoms with E-state index >= 15 is 0 Å². The predicted molar refractivity (Wildman–Crippen MR) is 74.3 cm³/mol. The van der Waals surface area contributed by atoms with Gasteiger partial charge in [0.2, 0.25) is 0 Å². The summed E-state index contributed by atoms with van der Waals surface area (Å²) >= 11 is 2.20. The largest absolute Gasteiger partial charge is 0.489 e. The molecule has 2 rings (SSSR count). The monoisotopic (exact) mass is 325 g/mol. The highest BCUT2D eigenvalue weighted by atomic mass is 127. The van der Waals surface area contributed by atoms with Crippen molar-refractivity contribution >= 4 is 28.3 Å². The molecular formula is C13H12INO. The summed E-state index contributed by atoms with van der Waals surface area (Å²) in [5, 5.41) is 0. The number of rotatable bonds is 3. The Kier molecular flexibility index (Phi) is 3.66. The fourth-order valence-corrected chi connectivity index (χ4v) is 1.69. The van der Waals surface area contributed by atoms with Crippen molar-refractivity contribution < 1.29 is 4.74 Å². The van der Waals surface area contributed by atoms with Gasteiger partial charge >= 0.3 is 0 Å². The highest BCUT2D eigenvalue weighted by Gasteiger charge is 1.99. The van der Waals surface area contributed by atoms with Gasteiger partial charge in [-0.1, -0.05) is 30.3 Å². The molecule has 0 spiro atoms. The van der Waals surface area contributed by atoms with Gasteiger partial charge in [0.15, 0.2) is 0 Å². The summed E-state index contributed by atoms with van der Waals surface area (Å²) in [5.74, 6) is 0.807. The Labute approximate surface area is 109 Å². The van der Waals surface area contributed by atoms with Crippen LogP contribution in [0.1, 0.15) is 5.56 Å². The van der Waals surface area contributed by atoms with E-state index in [1.165, 1.54) is 0 Å². The molecule has 0 aliphatic rings. The van der Waals surface area contributed by atoms with E-state index in [2.05, 4.69) is 22.6 Å². The van der Waals surface area contributed by atoms with Crippen molar-refractivity contribution in [2.24, 2.45) is 0 Å². The van der Waals surface area contributed by atoms with E-state index in [1.807, 2.05) is 48.5 Å². The second-order valence-corrected chi connectivity index (χ2v) is 4.62. The van der Waals surface area contributed by atoms with Crippen LogP contribution in [0.25, 0.3) is 0 Å². The molecule has 0 unspecified atom stereocenters. The van der Waals surface area contributed by atoms with Crippen LogP contribution in [0.3, 0.4) is 0 Å². The van der Waals surface area contributed by atoms with Crippen molar-refractivity contribution in [3.63, 3.8) is 0 Å². The Balaban J connectivity index is 2.03. The number of nitrogen functional groups attached to an aromatic ring is 1. The van der Waals surface area contributed by atoms with E-state index in [0.717, 1.165) is 20.6 Å². The van der Waals surface area contributed by atoms with Crippen molar-refractivity contribution in [3.8, 4) is 5.75 Å². The van der Waals surface area contributed by atoms with Crippen LogP contribution in [0.5, 0.6) is 5.75 Å². The molecule has 0 saturated heterocycles. The maximum absolute atomic E-state index is 5.80. The van der Waals surface area contributed by atoms with Crippen molar-refractivity contribution in [1.82, 2.24) is 0 Å². The molecule has 0 saturated carbocycles. The highest BCUT2D eigenvalue weighted by molar-refractivity contribution is 14.1. The SMILES string of the molecule is Nc1cc(OCc2ccccc2)ccc1I. The molecule has 2 N–H and O–H groups in total. The van der Waals surface area contributed by atoms with Crippen LogP contribution in [0, 0.1) is 3.57 Å². The van der Waals surface area contributed by atoms with Gasteiger partial charge in [-0.25, -0.2) is 0 Å². The number of ether oxygens (including phenoxy) is 1. The molecule has 0 aliphatic heterocycles. The molecule has 2 aromatic rings. The van der Waals surface area contributed by atoms with Gasteiger partial charge in [0, 0.05) is 15.3 Å². The maximum Gasteiger partial charge on any atom is 0.121 e. The normalized spacial score (nSPS) is 10.1. The van der Waals surface area contributed by atoms with Crippen molar-refractivity contribution in [1.29, 1.82) is 0 Å². The van der Waals surface area contributed by atoms with Crippen LogP contribution >= 0.6 is 22.6 Å². The third kappa shape index (κ3) is 2.88. The van der Waals surface area contributed by atoms with Crippen molar-refractivity contribution in [2.45, 2.75) is 6.61 Å². The molecule has 0 fully saturated rings. The average Bonchev–Trinajstić information content (AvgIpc) is 2.32. The number of benzene rings is 2. The van der Waals surface area contributed by atoms with Crippen molar-refractivity contribution in [2.75, 3.05) is 5.73 Å². The Hall–Kier alpha value is -1.23. The minimum atomic E-state index is 0.570. The van der Waals surface area contributed by atoms with E-state index < -0.39 is 0 Å². The molecule has 0 heterocycles. The topological polar surface area (TPSA) is 35.2 Å². The third-order valence-corrected chi connectivity index (χ3v) is 3.20. The van der Waals surface area contributed by atoms with Crippen LogP contribution in [0.15, 0.2) is 48.5 Å². The van der Waals surface area contributed by atoms with Gasteiger partial charge in [-0.05, 0) is 40.3 Å². The van der Waals surface area contributed by atoms with E-state index in [-0.39, 0.29) is 0 Å². The summed E-state index contributed by atoms with van der Waals surface area (Å²) in [7, 11) is 0. The summed E-state index contributed by atoms with van der Waals surface area (Å²) in [6, 6.07) is 15.8. The lowest BCUT2D eigenvalue weighted by Crippen LogP contribution is -1.96. The second-order valence-electron chi connectivity index (χ2n) is 3.46. The third-order valence-electron chi connectivity index (χ3n) is 2.22. The smallest absolute Gasteiger partial charge is 0.121 e. The lowest BCUT2D eigenvalue weighted by molar-refractivity contribution is 0.306. The van der Waals surface area contributed by atoms with E-state index in [4.69, 9.17) is 10.5 Å². The Bertz CT molecular complexity index is 471. The molecule has 0 radical (unpaired) electrons. The Morgan fingerprint density at radius 2 is 1.81 bits per heavy atom. The lowest BCUT2D eigenvalue weighted by atomic mass is 10.2. The number of halogens is 1. The summed E-state index contributed by atoms with van der Waals surface area (Å²) < 4.78 is 6.69. The first kappa shape index (κ1) is 11.3. The minimum absolute atomic E-state index is 0.570. The maximum atomic E-state index is 5.80. The number of hydrogen-bond donors (Lipinski definition) is 1. The van der Waals surface area contributed by atoms with Gasteiger partial charge in [-0.15, -0.1) is 0 Å². The standard InChI is InChI=1S/C13H12INO/c14-12-7-6-11(8-13(12)15)16-9-10-4-2-1-3-5-10/h1-8H,9,15H2. The number of nitrogens with two attached hydrogens (primary N) is 1. The molecule has 2 aromatic carbocycles. The molecule has 0 aromatic heterocycles. The van der Waals surface area contributed by atoms with E-state index in [1.54, 1.807) is 0 Å². The molecule has 0 amide bonds. The molecule has 0 atom stereocenters. The molecule has 82 valence electrons. The van der Waals surface area contributed by atoms with Gasteiger partial charge in [-0.2, -0.15) is 0 Å². The van der Waals surface area contributed by atoms with Gasteiger partial charge in [-0.3, -0.25) is 0 Å². The Morgan fingerprint density at radius 1 is 1.06 bits per heavy atom. The molecular weight excluding hydrogens is 313 g/mol. The first-order chi connectivity index (χ1) is 7.75. The van der Waals surface area contributed by atoms with Crippen LogP contribution in [-0.4, -0.2) is 0 Å². The minimum Gasteiger partial charge on any atom is -0.489 e. The zero-order chi connectivity index (χ0) is 11.4. The molecule has 2 nitrogen and oxygen atoms in total. The van der Waals surface area contributed by atoms with Gasteiger partial charge in [0.05, 0.1) is 0 Å². The predicted octanol–water partition coefficient (Wildman–Crippen LogP) is 3.45. The summed E-state index contributed by atoms with van der Waals surface area (Å²) in [4.78, 5) is 0. The zero-order valence-corrected chi connectivity index (χ0v) is 10.8. The van der Waals surface area contributed by atoms with Gasteiger partial charge in [0.1, 0.15) is 12.4 Å². The molecule has 16 heavy (non-hydrogen) atoms. The summed E-state index contributed by atoms with van der Waals surface area (Å²) in [6.45, 7) is 0.570. The fraction of sp³-hybridized carbons (Fsp3) is 0.0769. The van der Waals surface area contributed by atoms with Crippen LogP contribution < -0.4 is 10.5 Å². The van der Waals surface area contributed by atoms with E-state index in [0.29, 0.717) is 6.61 Å². The highest BCUT2D eigenvalue weighted by Crippen LogP contribution is 2.21. The molecule has 0 aliphatic carbocycles. The number of anilines is 1. The van der Waals surface area contributed by atoms with Gasteiger partial charge < -0.3 is 10.5 Å². The quantitative estimate of drug-likeness (QED) is 0.693. The van der Waals surface area contributed by atoms with E-state index in [9.17, 15) is 0 Å². The van der Waals surface area contributed by atoms with Gasteiger partial charge in [0.25, 0.3) is 0 Å². The second kappa shape index (κ2) is 5.21. The lowest BCUT2D eigenvalue weighted by Gasteiger charge is -2.07. The molecule has 3 heteroatoms. The first-order valence-electron chi connectivity index (χ1n) is 4.97. The average molecular weight is 325 g/mol. The molecule has 0 bridgehead atoms. The number of hydrogen-bond acceptors (Lipinski definition) is 2. The fourth-order valence-electron chi connectivity index (χ4n) is 1.35. The van der Waals surface area contributed by atoms with Crippen molar-refractivity contribution in [3.05, 3.63) is 57.7 Å². The summed E-state index contributed by atoms with van der Waals surface area (Å²) in [6.07, 6.45) is 0. The van der Waals surface area contributed by atoms with Crippen LogP contribution in [0.4, 0.5) is 5.69 Å². The first-order valence-corrected chi connectivity index (χ1v) is 6.05. The summed E-state index contributed by atoms with van der Waals surface area (Å²) in [5.41, 5.74) is 7.71. The Morgan fingerprint density at radius 3 is 2.50 bits per heavy atom. The zero-order valence-electron chi connectivity index (χ0n) is 8.69. The van der Waals surface area contributed by atoms with Crippen LogP contribution in [-0.2, 0) is 6.61 Å².